The van der Waals surface area contributed by atoms with Gasteiger partial charge in [-0.2, -0.15) is 0 Å². The van der Waals surface area contributed by atoms with Crippen molar-refractivity contribution < 1.29 is 0 Å². The molecule has 0 heterocycles. The summed E-state index contributed by atoms with van der Waals surface area (Å²) in [5.41, 5.74) is 4.46. The first-order valence-corrected chi connectivity index (χ1v) is 6.53. The number of hydrogen-bond acceptors (Lipinski definition) is 0. The Labute approximate surface area is 107 Å². The van der Waals surface area contributed by atoms with Gasteiger partial charge < -0.3 is 0 Å². The Morgan fingerprint density at radius 3 is 2.35 bits per heavy atom. The summed E-state index contributed by atoms with van der Waals surface area (Å²) in [5.74, 6) is 0.655. The molecule has 0 aliphatic heterocycles. The van der Waals surface area contributed by atoms with Gasteiger partial charge in [-0.3, -0.25) is 0 Å². The summed E-state index contributed by atoms with van der Waals surface area (Å²) in [6.45, 7) is 0. The number of hydrogen-bond donors (Lipinski definition) is 0. The fraction of sp³-hybridized carbons (Fsp3) is 0.250. The SMILES string of the molecule is Clc1ccc([C@@H]2CCc3ccccc3C2)cc1. The molecule has 3 rings (SSSR count). The quantitative estimate of drug-likeness (QED) is 0.685. The lowest BCUT2D eigenvalue weighted by Crippen LogP contribution is -2.12. The first-order chi connectivity index (χ1) is 8.33. The van der Waals surface area contributed by atoms with Crippen molar-refractivity contribution in [2.45, 2.75) is 25.2 Å². The van der Waals surface area contributed by atoms with Crippen molar-refractivity contribution in [2.75, 3.05) is 0 Å². The Hall–Kier alpha value is -1.27. The maximum atomic E-state index is 5.93. The summed E-state index contributed by atoms with van der Waals surface area (Å²) in [4.78, 5) is 0. The molecule has 0 N–H and O–H groups in total. The van der Waals surface area contributed by atoms with Gasteiger partial charge in [-0.15, -0.1) is 0 Å². The van der Waals surface area contributed by atoms with Crippen LogP contribution < -0.4 is 0 Å². The minimum atomic E-state index is 0.655. The molecule has 0 amide bonds. The Balaban J connectivity index is 1.86. The van der Waals surface area contributed by atoms with Gasteiger partial charge in [0.05, 0.1) is 0 Å². The molecule has 1 atom stereocenters. The van der Waals surface area contributed by atoms with Gasteiger partial charge in [-0.1, -0.05) is 48.0 Å². The fourth-order valence-corrected chi connectivity index (χ4v) is 2.84. The zero-order valence-corrected chi connectivity index (χ0v) is 10.5. The Morgan fingerprint density at radius 2 is 1.59 bits per heavy atom. The molecule has 2 aromatic carbocycles. The Bertz CT molecular complexity index is 513. The predicted octanol–water partition coefficient (Wildman–Crippen LogP) is 4.61. The van der Waals surface area contributed by atoms with E-state index in [4.69, 9.17) is 11.6 Å². The van der Waals surface area contributed by atoms with Crippen LogP contribution in [-0.2, 0) is 12.8 Å². The smallest absolute Gasteiger partial charge is 0.0406 e. The maximum absolute atomic E-state index is 5.93. The van der Waals surface area contributed by atoms with E-state index in [1.54, 1.807) is 0 Å². The highest BCUT2D eigenvalue weighted by molar-refractivity contribution is 6.30. The van der Waals surface area contributed by atoms with Crippen molar-refractivity contribution in [3.8, 4) is 0 Å². The molecule has 0 aromatic heterocycles. The lowest BCUT2D eigenvalue weighted by molar-refractivity contribution is 0.585. The molecular weight excluding hydrogens is 228 g/mol. The summed E-state index contributed by atoms with van der Waals surface area (Å²) in [6, 6.07) is 17.1. The summed E-state index contributed by atoms with van der Waals surface area (Å²) in [5, 5.41) is 0.824. The van der Waals surface area contributed by atoms with E-state index in [1.165, 1.54) is 29.5 Å². The molecule has 1 heteroatoms. The molecule has 0 fully saturated rings. The molecule has 0 bridgehead atoms. The standard InChI is InChI=1S/C16H15Cl/c17-16-9-7-13(8-10-16)15-6-5-12-3-1-2-4-14(12)11-15/h1-4,7-10,15H,5-6,11H2/t15-/m1/s1. The van der Waals surface area contributed by atoms with Crippen LogP contribution in [0.4, 0.5) is 0 Å². The molecule has 17 heavy (non-hydrogen) atoms. The van der Waals surface area contributed by atoms with Gasteiger partial charge in [0.15, 0.2) is 0 Å². The number of halogens is 1. The number of benzene rings is 2. The first kappa shape index (κ1) is 10.9. The molecule has 0 saturated heterocycles. The first-order valence-electron chi connectivity index (χ1n) is 6.15. The lowest BCUT2D eigenvalue weighted by Gasteiger charge is -2.24. The van der Waals surface area contributed by atoms with Gasteiger partial charge >= 0.3 is 0 Å². The molecule has 0 saturated carbocycles. The lowest BCUT2D eigenvalue weighted by atomic mass is 9.80. The van der Waals surface area contributed by atoms with Gasteiger partial charge in [-0.25, -0.2) is 0 Å². The van der Waals surface area contributed by atoms with Gasteiger partial charge in [0.1, 0.15) is 0 Å². The Kier molecular flexibility index (Phi) is 2.90. The topological polar surface area (TPSA) is 0 Å². The van der Waals surface area contributed by atoms with E-state index in [0.717, 1.165) is 11.4 Å². The second kappa shape index (κ2) is 4.54. The van der Waals surface area contributed by atoms with Crippen LogP contribution in [0.15, 0.2) is 48.5 Å². The largest absolute Gasteiger partial charge is 0.0843 e. The predicted molar refractivity (Wildman–Crippen MR) is 72.7 cm³/mol. The van der Waals surface area contributed by atoms with Crippen molar-refractivity contribution in [1.29, 1.82) is 0 Å². The van der Waals surface area contributed by atoms with Crippen LogP contribution in [0.3, 0.4) is 0 Å². The third kappa shape index (κ3) is 2.23. The highest BCUT2D eigenvalue weighted by Crippen LogP contribution is 2.32. The molecule has 0 unspecified atom stereocenters. The third-order valence-corrected chi connectivity index (χ3v) is 3.94. The van der Waals surface area contributed by atoms with Crippen LogP contribution in [0.5, 0.6) is 0 Å². The van der Waals surface area contributed by atoms with E-state index >= 15 is 0 Å². The van der Waals surface area contributed by atoms with Crippen molar-refractivity contribution in [3.05, 3.63) is 70.2 Å². The molecule has 1 aliphatic carbocycles. The van der Waals surface area contributed by atoms with Crippen LogP contribution in [0.2, 0.25) is 5.02 Å². The number of rotatable bonds is 1. The van der Waals surface area contributed by atoms with E-state index in [1.807, 2.05) is 12.1 Å². The minimum absolute atomic E-state index is 0.655. The van der Waals surface area contributed by atoms with Crippen molar-refractivity contribution >= 4 is 11.6 Å². The highest BCUT2D eigenvalue weighted by Gasteiger charge is 2.19. The summed E-state index contributed by atoms with van der Waals surface area (Å²) in [7, 11) is 0. The molecule has 86 valence electrons. The zero-order chi connectivity index (χ0) is 11.7. The highest BCUT2D eigenvalue weighted by atomic mass is 35.5. The molecule has 2 aromatic rings. The van der Waals surface area contributed by atoms with Crippen molar-refractivity contribution in [2.24, 2.45) is 0 Å². The van der Waals surface area contributed by atoms with Crippen LogP contribution >= 0.6 is 11.6 Å². The number of aryl methyl sites for hydroxylation is 1. The van der Waals surface area contributed by atoms with Crippen molar-refractivity contribution in [3.63, 3.8) is 0 Å². The minimum Gasteiger partial charge on any atom is -0.0843 e. The average Bonchev–Trinajstić information content (AvgIpc) is 2.39. The molecule has 1 aliphatic rings. The number of fused-ring (bicyclic) bond motifs is 1. The fourth-order valence-electron chi connectivity index (χ4n) is 2.72. The van der Waals surface area contributed by atoms with Crippen LogP contribution in [0, 0.1) is 0 Å². The summed E-state index contributed by atoms with van der Waals surface area (Å²) in [6.07, 6.45) is 3.61. The van der Waals surface area contributed by atoms with Crippen molar-refractivity contribution in [1.82, 2.24) is 0 Å². The van der Waals surface area contributed by atoms with Gasteiger partial charge in [0, 0.05) is 5.02 Å². The van der Waals surface area contributed by atoms with Crippen LogP contribution in [-0.4, -0.2) is 0 Å². The Morgan fingerprint density at radius 1 is 0.882 bits per heavy atom. The normalized spacial score (nSPS) is 18.8. The second-order valence-electron chi connectivity index (χ2n) is 4.76. The van der Waals surface area contributed by atoms with E-state index in [9.17, 15) is 0 Å². The van der Waals surface area contributed by atoms with Gasteiger partial charge in [0.2, 0.25) is 0 Å². The monoisotopic (exact) mass is 242 g/mol. The molecule has 0 nitrogen and oxygen atoms in total. The molecule has 0 radical (unpaired) electrons. The van der Waals surface area contributed by atoms with E-state index in [0.29, 0.717) is 5.92 Å². The zero-order valence-electron chi connectivity index (χ0n) is 9.70. The third-order valence-electron chi connectivity index (χ3n) is 3.69. The summed E-state index contributed by atoms with van der Waals surface area (Å²) >= 11 is 5.93. The maximum Gasteiger partial charge on any atom is 0.0406 e. The molecular formula is C16H15Cl. The summed E-state index contributed by atoms with van der Waals surface area (Å²) < 4.78 is 0. The van der Waals surface area contributed by atoms with E-state index in [-0.39, 0.29) is 0 Å². The molecule has 0 spiro atoms. The van der Waals surface area contributed by atoms with Gasteiger partial charge in [0.25, 0.3) is 0 Å². The van der Waals surface area contributed by atoms with Crippen LogP contribution in [0.1, 0.15) is 29.0 Å². The second-order valence-corrected chi connectivity index (χ2v) is 5.20. The van der Waals surface area contributed by atoms with Crippen LogP contribution in [0.25, 0.3) is 0 Å². The van der Waals surface area contributed by atoms with E-state index in [2.05, 4.69) is 36.4 Å². The van der Waals surface area contributed by atoms with E-state index < -0.39 is 0 Å². The van der Waals surface area contributed by atoms with Gasteiger partial charge in [-0.05, 0) is 54.0 Å². The average molecular weight is 243 g/mol.